The molecule has 1 amide bonds. The van der Waals surface area contributed by atoms with Crippen molar-refractivity contribution in [3.05, 3.63) is 83.0 Å². The number of aromatic nitrogens is 1. The van der Waals surface area contributed by atoms with Gasteiger partial charge in [-0.25, -0.2) is 0 Å². The van der Waals surface area contributed by atoms with E-state index in [2.05, 4.69) is 10.3 Å². The summed E-state index contributed by atoms with van der Waals surface area (Å²) in [5, 5.41) is 3.26. The highest BCUT2D eigenvalue weighted by Gasteiger charge is 2.14. The number of amides is 1. The topological polar surface area (TPSA) is 72.2 Å². The van der Waals surface area contributed by atoms with Crippen molar-refractivity contribution < 1.29 is 13.4 Å². The van der Waals surface area contributed by atoms with E-state index in [0.29, 0.717) is 22.2 Å². The molecule has 25 heavy (non-hydrogen) atoms. The molecule has 0 aliphatic heterocycles. The van der Waals surface area contributed by atoms with Gasteiger partial charge in [0.25, 0.3) is 5.91 Å². The van der Waals surface area contributed by atoms with Crippen LogP contribution in [0.15, 0.2) is 70.1 Å². The number of pyridine rings is 1. The van der Waals surface area contributed by atoms with Crippen LogP contribution in [0.25, 0.3) is 0 Å². The number of hydrogen-bond acceptors (Lipinski definition) is 4. The SMILES string of the molecule is O=C(NCc1ccccn1)c1ccc(C[S@@](=O)c2cccc(Cl)c2)o1. The lowest BCUT2D eigenvalue weighted by Gasteiger charge is -2.03. The number of benzene rings is 1. The van der Waals surface area contributed by atoms with E-state index in [1.165, 1.54) is 0 Å². The van der Waals surface area contributed by atoms with Crippen LogP contribution in [0.4, 0.5) is 0 Å². The second-order valence-corrected chi connectivity index (χ2v) is 7.10. The second kappa shape index (κ2) is 8.09. The summed E-state index contributed by atoms with van der Waals surface area (Å²) in [6, 6.07) is 15.6. The van der Waals surface area contributed by atoms with Crippen molar-refractivity contribution >= 4 is 28.3 Å². The molecule has 0 bridgehead atoms. The van der Waals surface area contributed by atoms with Crippen LogP contribution in [-0.4, -0.2) is 15.1 Å². The van der Waals surface area contributed by atoms with Crippen LogP contribution in [0.1, 0.15) is 22.0 Å². The zero-order valence-corrected chi connectivity index (χ0v) is 14.7. The zero-order valence-electron chi connectivity index (χ0n) is 13.1. The van der Waals surface area contributed by atoms with Gasteiger partial charge < -0.3 is 9.73 Å². The van der Waals surface area contributed by atoms with Crippen LogP contribution >= 0.6 is 11.6 Å². The molecule has 0 aliphatic carbocycles. The van der Waals surface area contributed by atoms with Crippen molar-refractivity contribution in [2.24, 2.45) is 0 Å². The van der Waals surface area contributed by atoms with Crippen molar-refractivity contribution in [3.8, 4) is 0 Å². The van der Waals surface area contributed by atoms with Gasteiger partial charge in [0, 0.05) is 16.1 Å². The summed E-state index contributed by atoms with van der Waals surface area (Å²) < 4.78 is 17.8. The molecule has 0 aliphatic rings. The van der Waals surface area contributed by atoms with Crippen LogP contribution in [0.3, 0.4) is 0 Å². The third kappa shape index (κ3) is 4.78. The molecule has 0 saturated carbocycles. The van der Waals surface area contributed by atoms with E-state index in [0.717, 1.165) is 5.69 Å². The molecule has 2 aromatic heterocycles. The van der Waals surface area contributed by atoms with Gasteiger partial charge in [-0.1, -0.05) is 23.7 Å². The average molecular weight is 375 g/mol. The van der Waals surface area contributed by atoms with E-state index in [1.54, 1.807) is 42.6 Å². The highest BCUT2D eigenvalue weighted by atomic mass is 35.5. The lowest BCUT2D eigenvalue weighted by molar-refractivity contribution is 0.0921. The normalized spacial score (nSPS) is 11.9. The minimum absolute atomic E-state index is 0.174. The standard InChI is InChI=1S/C18H15ClN2O3S/c19-13-4-3-6-16(10-13)25(23)12-15-7-8-17(24-15)18(22)21-11-14-5-1-2-9-20-14/h1-10H,11-12H2,(H,21,22)/t25-/m1/s1. The lowest BCUT2D eigenvalue weighted by Crippen LogP contribution is -2.22. The van der Waals surface area contributed by atoms with Crippen LogP contribution in [0.2, 0.25) is 5.02 Å². The lowest BCUT2D eigenvalue weighted by atomic mass is 10.3. The Kier molecular flexibility index (Phi) is 5.63. The number of carbonyl (C=O) groups excluding carboxylic acids is 1. The Hall–Kier alpha value is -2.44. The van der Waals surface area contributed by atoms with Gasteiger partial charge in [-0.3, -0.25) is 14.0 Å². The molecule has 0 radical (unpaired) electrons. The predicted octanol–water partition coefficient (Wildman–Crippen LogP) is 3.57. The van der Waals surface area contributed by atoms with Gasteiger partial charge in [-0.15, -0.1) is 0 Å². The summed E-state index contributed by atoms with van der Waals surface area (Å²) in [5.41, 5.74) is 0.754. The number of carbonyl (C=O) groups is 1. The quantitative estimate of drug-likeness (QED) is 0.716. The molecule has 0 saturated heterocycles. The first-order valence-corrected chi connectivity index (χ1v) is 9.22. The summed E-state index contributed by atoms with van der Waals surface area (Å²) in [7, 11) is -1.30. The fourth-order valence-electron chi connectivity index (χ4n) is 2.16. The monoisotopic (exact) mass is 374 g/mol. The van der Waals surface area contributed by atoms with E-state index in [9.17, 15) is 9.00 Å². The smallest absolute Gasteiger partial charge is 0.287 e. The first-order valence-electron chi connectivity index (χ1n) is 7.52. The van der Waals surface area contributed by atoms with Gasteiger partial charge in [-0.2, -0.15) is 0 Å². The maximum atomic E-state index is 12.3. The summed E-state index contributed by atoms with van der Waals surface area (Å²) in [4.78, 5) is 16.9. The number of halogens is 1. The van der Waals surface area contributed by atoms with Gasteiger partial charge in [0.05, 0.1) is 28.8 Å². The Balaban J connectivity index is 1.60. The predicted molar refractivity (Wildman–Crippen MR) is 95.7 cm³/mol. The minimum atomic E-state index is -1.30. The Morgan fingerprint density at radius 3 is 2.80 bits per heavy atom. The van der Waals surface area contributed by atoms with Gasteiger partial charge in [-0.05, 0) is 42.5 Å². The van der Waals surface area contributed by atoms with E-state index in [1.807, 2.05) is 18.2 Å². The zero-order chi connectivity index (χ0) is 17.6. The molecule has 7 heteroatoms. The summed E-state index contributed by atoms with van der Waals surface area (Å²) >= 11 is 5.91. The van der Waals surface area contributed by atoms with E-state index >= 15 is 0 Å². The van der Waals surface area contributed by atoms with Gasteiger partial charge >= 0.3 is 0 Å². The van der Waals surface area contributed by atoms with Crippen molar-refractivity contribution in [1.82, 2.24) is 10.3 Å². The number of furan rings is 1. The molecule has 2 heterocycles. The van der Waals surface area contributed by atoms with Crippen LogP contribution in [-0.2, 0) is 23.1 Å². The maximum absolute atomic E-state index is 12.3. The van der Waals surface area contributed by atoms with Crippen molar-refractivity contribution in [1.29, 1.82) is 0 Å². The number of rotatable bonds is 6. The third-order valence-corrected chi connectivity index (χ3v) is 4.94. The first kappa shape index (κ1) is 17.4. The Labute approximate surface area is 152 Å². The Morgan fingerprint density at radius 2 is 2.04 bits per heavy atom. The van der Waals surface area contributed by atoms with Crippen LogP contribution in [0.5, 0.6) is 0 Å². The summed E-state index contributed by atoms with van der Waals surface area (Å²) in [5.74, 6) is 0.481. The van der Waals surface area contributed by atoms with Gasteiger partial charge in [0.1, 0.15) is 5.76 Å². The largest absolute Gasteiger partial charge is 0.455 e. The maximum Gasteiger partial charge on any atom is 0.287 e. The van der Waals surface area contributed by atoms with Crippen molar-refractivity contribution in [3.63, 3.8) is 0 Å². The third-order valence-electron chi connectivity index (χ3n) is 3.37. The number of hydrogen-bond donors (Lipinski definition) is 1. The molecule has 0 fully saturated rings. The minimum Gasteiger partial charge on any atom is -0.455 e. The fraction of sp³-hybridized carbons (Fsp3) is 0.111. The summed E-state index contributed by atoms with van der Waals surface area (Å²) in [6.45, 7) is 0.310. The van der Waals surface area contributed by atoms with E-state index < -0.39 is 10.8 Å². The Morgan fingerprint density at radius 1 is 1.16 bits per heavy atom. The molecule has 5 nitrogen and oxygen atoms in total. The molecule has 0 spiro atoms. The van der Waals surface area contributed by atoms with Gasteiger partial charge in [0.15, 0.2) is 5.76 Å². The van der Waals surface area contributed by atoms with Crippen molar-refractivity contribution in [2.75, 3.05) is 0 Å². The van der Waals surface area contributed by atoms with Crippen LogP contribution in [0, 0.1) is 0 Å². The fourth-order valence-corrected chi connectivity index (χ4v) is 3.48. The number of nitrogens with zero attached hydrogens (tertiary/aromatic N) is 1. The number of nitrogens with one attached hydrogen (secondary N) is 1. The highest BCUT2D eigenvalue weighted by Crippen LogP contribution is 2.18. The van der Waals surface area contributed by atoms with Gasteiger partial charge in [0.2, 0.25) is 0 Å². The molecule has 3 rings (SSSR count). The summed E-state index contributed by atoms with van der Waals surface area (Å²) in [6.07, 6.45) is 1.66. The van der Waals surface area contributed by atoms with E-state index in [-0.39, 0.29) is 17.4 Å². The second-order valence-electron chi connectivity index (χ2n) is 5.22. The molecular weight excluding hydrogens is 360 g/mol. The Bertz CT molecular complexity index is 896. The average Bonchev–Trinajstić information content (AvgIpc) is 3.09. The highest BCUT2D eigenvalue weighted by molar-refractivity contribution is 7.84. The first-order chi connectivity index (χ1) is 12.1. The van der Waals surface area contributed by atoms with Crippen molar-refractivity contribution in [2.45, 2.75) is 17.2 Å². The molecular formula is C18H15ClN2O3S. The van der Waals surface area contributed by atoms with E-state index in [4.69, 9.17) is 16.0 Å². The molecule has 1 N–H and O–H groups in total. The molecule has 1 atom stereocenters. The molecule has 128 valence electrons. The van der Waals surface area contributed by atoms with Crippen LogP contribution < -0.4 is 5.32 Å². The molecule has 0 unspecified atom stereocenters. The molecule has 1 aromatic carbocycles. The molecule has 3 aromatic rings.